The smallest absolute Gasteiger partial charge is 0.0621 e. The molecule has 0 saturated carbocycles. The van der Waals surface area contributed by atoms with Gasteiger partial charge in [-0.1, -0.05) is 45.4 Å². The molecule has 0 bridgehead atoms. The summed E-state index contributed by atoms with van der Waals surface area (Å²) in [6, 6.07) is 0. The molecular weight excluding hydrogens is 300 g/mol. The van der Waals surface area contributed by atoms with Crippen molar-refractivity contribution in [2.24, 2.45) is 16.1 Å². The molecular formula is C19H40N4O. The highest BCUT2D eigenvalue weighted by molar-refractivity contribution is 6.05. The van der Waals surface area contributed by atoms with E-state index in [1.54, 1.807) is 0 Å². The zero-order valence-electron chi connectivity index (χ0n) is 17.1. The Morgan fingerprint density at radius 2 is 1.25 bits per heavy atom. The highest BCUT2D eigenvalue weighted by atomic mass is 16.5. The van der Waals surface area contributed by atoms with Crippen LogP contribution < -0.4 is 0 Å². The Bertz CT molecular complexity index is 340. The monoisotopic (exact) mass is 340 g/mol. The lowest BCUT2D eigenvalue weighted by molar-refractivity contribution is 0.125. The lowest BCUT2D eigenvalue weighted by Crippen LogP contribution is -2.28. The van der Waals surface area contributed by atoms with Crippen LogP contribution in [-0.4, -0.2) is 62.8 Å². The summed E-state index contributed by atoms with van der Waals surface area (Å²) in [4.78, 5) is 0. The average Bonchev–Trinajstić information content (AvgIpc) is 2.47. The van der Waals surface area contributed by atoms with Gasteiger partial charge in [-0.25, -0.2) is 0 Å². The van der Waals surface area contributed by atoms with Crippen molar-refractivity contribution >= 4 is 11.4 Å². The number of unbranched alkanes of at least 4 members (excludes halogenated alkanes) is 6. The Kier molecular flexibility index (Phi) is 13.6. The predicted octanol–water partition coefficient (Wildman–Crippen LogP) is 4.24. The molecule has 0 atom stereocenters. The zero-order valence-corrected chi connectivity index (χ0v) is 17.1. The zero-order chi connectivity index (χ0) is 18.4. The van der Waals surface area contributed by atoms with E-state index in [1.807, 2.05) is 38.2 Å². The van der Waals surface area contributed by atoms with E-state index in [9.17, 15) is 0 Å². The van der Waals surface area contributed by atoms with Crippen LogP contribution in [0.5, 0.6) is 0 Å². The third kappa shape index (κ3) is 12.3. The molecule has 0 aromatic heterocycles. The standard InChI is InChI=1S/C19H40N4O/c1-8-9-10-11-12-13-14-15-24-16-19(17(2)20-22(4)5)18(3)21-23(6)7/h19H,8-16H2,1-7H3/b20-17+,21-18+. The van der Waals surface area contributed by atoms with Crippen LogP contribution >= 0.6 is 0 Å². The molecule has 142 valence electrons. The lowest BCUT2D eigenvalue weighted by Gasteiger charge is -2.20. The van der Waals surface area contributed by atoms with Gasteiger partial charge in [-0.05, 0) is 20.3 Å². The Morgan fingerprint density at radius 3 is 1.71 bits per heavy atom. The summed E-state index contributed by atoms with van der Waals surface area (Å²) in [6.07, 6.45) is 9.16. The van der Waals surface area contributed by atoms with Crippen molar-refractivity contribution in [3.05, 3.63) is 0 Å². The first-order valence-electron chi connectivity index (χ1n) is 9.41. The van der Waals surface area contributed by atoms with Gasteiger partial charge >= 0.3 is 0 Å². The summed E-state index contributed by atoms with van der Waals surface area (Å²) in [5.41, 5.74) is 2.09. The van der Waals surface area contributed by atoms with Gasteiger partial charge < -0.3 is 14.8 Å². The van der Waals surface area contributed by atoms with E-state index >= 15 is 0 Å². The van der Waals surface area contributed by atoms with Crippen molar-refractivity contribution in [2.45, 2.75) is 65.7 Å². The maximum absolute atomic E-state index is 5.93. The van der Waals surface area contributed by atoms with E-state index in [0.29, 0.717) is 6.61 Å². The molecule has 0 saturated heterocycles. The van der Waals surface area contributed by atoms with Crippen LogP contribution in [0, 0.1) is 5.92 Å². The fraction of sp³-hybridized carbons (Fsp3) is 0.895. The third-order valence-electron chi connectivity index (χ3n) is 3.90. The number of nitrogens with zero attached hydrogens (tertiary/aromatic N) is 4. The molecule has 0 aromatic rings. The minimum absolute atomic E-state index is 0.138. The summed E-state index contributed by atoms with van der Waals surface area (Å²) in [7, 11) is 7.77. The van der Waals surface area contributed by atoms with E-state index in [-0.39, 0.29) is 5.92 Å². The van der Waals surface area contributed by atoms with Crippen LogP contribution in [-0.2, 0) is 4.74 Å². The fourth-order valence-corrected chi connectivity index (χ4v) is 2.68. The van der Waals surface area contributed by atoms with Gasteiger partial charge in [-0.15, -0.1) is 0 Å². The molecule has 0 unspecified atom stereocenters. The molecule has 0 aliphatic heterocycles. The van der Waals surface area contributed by atoms with Crippen LogP contribution in [0.2, 0.25) is 0 Å². The Hall–Kier alpha value is -1.10. The number of hydrogen-bond acceptors (Lipinski definition) is 5. The van der Waals surface area contributed by atoms with Gasteiger partial charge in [0.05, 0.1) is 12.5 Å². The van der Waals surface area contributed by atoms with Gasteiger partial charge in [0, 0.05) is 46.2 Å². The van der Waals surface area contributed by atoms with E-state index in [4.69, 9.17) is 4.74 Å². The second-order valence-electron chi connectivity index (χ2n) is 6.93. The van der Waals surface area contributed by atoms with Gasteiger partial charge in [-0.3, -0.25) is 0 Å². The Balaban J connectivity index is 4.24. The van der Waals surface area contributed by atoms with Crippen molar-refractivity contribution < 1.29 is 4.74 Å². The maximum Gasteiger partial charge on any atom is 0.0621 e. The number of ether oxygens (including phenoxy) is 1. The molecule has 0 aliphatic rings. The molecule has 0 aromatic carbocycles. The van der Waals surface area contributed by atoms with Crippen molar-refractivity contribution in [1.82, 2.24) is 10.0 Å². The topological polar surface area (TPSA) is 40.4 Å². The predicted molar refractivity (Wildman–Crippen MR) is 106 cm³/mol. The first kappa shape index (κ1) is 22.9. The number of hydrogen-bond donors (Lipinski definition) is 0. The first-order valence-corrected chi connectivity index (χ1v) is 9.41. The van der Waals surface area contributed by atoms with Crippen molar-refractivity contribution in [3.8, 4) is 0 Å². The van der Waals surface area contributed by atoms with Crippen LogP contribution in [0.4, 0.5) is 0 Å². The molecule has 5 heteroatoms. The molecule has 0 radical (unpaired) electrons. The maximum atomic E-state index is 5.93. The molecule has 0 amide bonds. The highest BCUT2D eigenvalue weighted by Crippen LogP contribution is 2.09. The quantitative estimate of drug-likeness (QED) is 0.270. The van der Waals surface area contributed by atoms with E-state index < -0.39 is 0 Å². The second kappa shape index (κ2) is 14.3. The largest absolute Gasteiger partial charge is 0.380 e. The van der Waals surface area contributed by atoms with Gasteiger partial charge in [-0.2, -0.15) is 10.2 Å². The highest BCUT2D eigenvalue weighted by Gasteiger charge is 2.17. The van der Waals surface area contributed by atoms with Gasteiger partial charge in [0.2, 0.25) is 0 Å². The first-order chi connectivity index (χ1) is 11.4. The molecule has 0 heterocycles. The molecule has 0 fully saturated rings. The molecule has 5 nitrogen and oxygen atoms in total. The molecule has 0 N–H and O–H groups in total. The summed E-state index contributed by atoms with van der Waals surface area (Å²) in [6.45, 7) is 7.84. The minimum atomic E-state index is 0.138. The van der Waals surface area contributed by atoms with Gasteiger partial charge in [0.25, 0.3) is 0 Å². The van der Waals surface area contributed by atoms with E-state index in [2.05, 4.69) is 31.0 Å². The van der Waals surface area contributed by atoms with E-state index in [0.717, 1.165) is 24.5 Å². The average molecular weight is 341 g/mol. The van der Waals surface area contributed by atoms with Crippen LogP contribution in [0.15, 0.2) is 10.2 Å². The molecule has 0 aliphatic carbocycles. The fourth-order valence-electron chi connectivity index (χ4n) is 2.68. The number of rotatable bonds is 14. The van der Waals surface area contributed by atoms with E-state index in [1.165, 1.54) is 38.5 Å². The van der Waals surface area contributed by atoms with Crippen molar-refractivity contribution in [1.29, 1.82) is 0 Å². The Morgan fingerprint density at radius 1 is 0.792 bits per heavy atom. The van der Waals surface area contributed by atoms with Crippen molar-refractivity contribution in [2.75, 3.05) is 41.4 Å². The molecule has 0 rings (SSSR count). The summed E-state index contributed by atoms with van der Waals surface area (Å²) in [5, 5.41) is 12.7. The summed E-state index contributed by atoms with van der Waals surface area (Å²) in [5.74, 6) is 0.138. The second-order valence-corrected chi connectivity index (χ2v) is 6.93. The summed E-state index contributed by atoms with van der Waals surface area (Å²) >= 11 is 0. The third-order valence-corrected chi connectivity index (χ3v) is 3.90. The molecule has 0 spiro atoms. The Labute approximate surface area is 150 Å². The normalized spacial score (nSPS) is 12.8. The van der Waals surface area contributed by atoms with Gasteiger partial charge in [0.15, 0.2) is 0 Å². The van der Waals surface area contributed by atoms with Crippen LogP contribution in [0.25, 0.3) is 0 Å². The number of hydrazone groups is 2. The van der Waals surface area contributed by atoms with Gasteiger partial charge in [0.1, 0.15) is 0 Å². The molecule has 24 heavy (non-hydrogen) atoms. The summed E-state index contributed by atoms with van der Waals surface area (Å²) < 4.78 is 5.93. The van der Waals surface area contributed by atoms with Crippen LogP contribution in [0.1, 0.15) is 65.7 Å². The lowest BCUT2D eigenvalue weighted by atomic mass is 10.0. The van der Waals surface area contributed by atoms with Crippen LogP contribution in [0.3, 0.4) is 0 Å². The van der Waals surface area contributed by atoms with Crippen molar-refractivity contribution in [3.63, 3.8) is 0 Å². The minimum Gasteiger partial charge on any atom is -0.380 e. The SMILES string of the molecule is CCCCCCCCCOCC(/C(C)=N/N(C)C)/C(C)=N/N(C)C.